The number of hydrogen-bond acceptors (Lipinski definition) is 3. The molecule has 1 rings (SSSR count). The average molecular weight is 255 g/mol. The monoisotopic (exact) mass is 255 g/mol. The summed E-state index contributed by atoms with van der Waals surface area (Å²) in [5, 5.41) is 2.92. The fourth-order valence-electron chi connectivity index (χ4n) is 2.10. The molecule has 0 saturated heterocycles. The summed E-state index contributed by atoms with van der Waals surface area (Å²) in [6, 6.07) is 0.0982. The summed E-state index contributed by atoms with van der Waals surface area (Å²) in [6.07, 6.45) is 2.86. The van der Waals surface area contributed by atoms with Gasteiger partial charge in [0.1, 0.15) is 0 Å². The lowest BCUT2D eigenvalue weighted by Crippen LogP contribution is -2.42. The van der Waals surface area contributed by atoms with E-state index in [4.69, 9.17) is 5.73 Å². The van der Waals surface area contributed by atoms with E-state index >= 15 is 0 Å². The van der Waals surface area contributed by atoms with Crippen LogP contribution in [0.2, 0.25) is 0 Å². The van der Waals surface area contributed by atoms with Crippen LogP contribution in [0.25, 0.3) is 0 Å². The Bertz CT molecular complexity index is 286. The normalized spacial score (nSPS) is 16.2. The van der Waals surface area contributed by atoms with Gasteiger partial charge in [0.05, 0.1) is 0 Å². The molecule has 0 bridgehead atoms. The number of nitrogens with zero attached hydrogens (tertiary/aromatic N) is 1. The van der Waals surface area contributed by atoms with Crippen LogP contribution in [0.3, 0.4) is 0 Å². The summed E-state index contributed by atoms with van der Waals surface area (Å²) in [4.78, 5) is 25.2. The molecule has 0 aromatic rings. The number of amides is 2. The van der Waals surface area contributed by atoms with Gasteiger partial charge in [-0.05, 0) is 32.6 Å². The van der Waals surface area contributed by atoms with E-state index in [9.17, 15) is 9.59 Å². The maximum Gasteiger partial charge on any atom is 0.223 e. The third kappa shape index (κ3) is 4.64. The molecule has 1 fully saturated rings. The number of carbonyl (C=O) groups is 2. The van der Waals surface area contributed by atoms with Gasteiger partial charge in [-0.1, -0.05) is 0 Å². The van der Waals surface area contributed by atoms with Gasteiger partial charge in [-0.3, -0.25) is 9.59 Å². The molecule has 0 heterocycles. The molecule has 0 aromatic heterocycles. The van der Waals surface area contributed by atoms with E-state index in [2.05, 4.69) is 5.32 Å². The SMILES string of the molecule is CCN(CC)C(=O)CCC(=O)NC(CN)C1CC1. The van der Waals surface area contributed by atoms with Gasteiger partial charge in [-0.25, -0.2) is 0 Å². The third-order valence-electron chi connectivity index (χ3n) is 3.47. The van der Waals surface area contributed by atoms with Crippen LogP contribution in [0.5, 0.6) is 0 Å². The van der Waals surface area contributed by atoms with Gasteiger partial charge in [0, 0.05) is 38.5 Å². The summed E-state index contributed by atoms with van der Waals surface area (Å²) < 4.78 is 0. The molecule has 0 radical (unpaired) electrons. The molecular formula is C13H25N3O2. The Morgan fingerprint density at radius 3 is 2.33 bits per heavy atom. The lowest BCUT2D eigenvalue weighted by molar-refractivity contribution is -0.133. The highest BCUT2D eigenvalue weighted by Gasteiger charge is 2.31. The second kappa shape index (κ2) is 7.36. The van der Waals surface area contributed by atoms with E-state index in [-0.39, 0.29) is 30.7 Å². The lowest BCUT2D eigenvalue weighted by Gasteiger charge is -2.19. The van der Waals surface area contributed by atoms with Gasteiger partial charge in [-0.15, -0.1) is 0 Å². The van der Waals surface area contributed by atoms with Gasteiger partial charge in [0.25, 0.3) is 0 Å². The van der Waals surface area contributed by atoms with Crippen molar-refractivity contribution in [2.45, 2.75) is 45.6 Å². The van der Waals surface area contributed by atoms with Gasteiger partial charge in [-0.2, -0.15) is 0 Å². The van der Waals surface area contributed by atoms with Crippen LogP contribution in [-0.4, -0.2) is 42.4 Å². The Hall–Kier alpha value is -1.10. The zero-order chi connectivity index (χ0) is 13.5. The van der Waals surface area contributed by atoms with Crippen molar-refractivity contribution in [1.82, 2.24) is 10.2 Å². The maximum atomic E-state index is 11.7. The minimum atomic E-state index is -0.0575. The van der Waals surface area contributed by atoms with Crippen LogP contribution in [0.15, 0.2) is 0 Å². The van der Waals surface area contributed by atoms with Gasteiger partial charge >= 0.3 is 0 Å². The highest BCUT2D eigenvalue weighted by Crippen LogP contribution is 2.32. The maximum absolute atomic E-state index is 11.7. The minimum absolute atomic E-state index is 0.0471. The third-order valence-corrected chi connectivity index (χ3v) is 3.47. The van der Waals surface area contributed by atoms with E-state index in [1.807, 2.05) is 13.8 Å². The second-order valence-electron chi connectivity index (χ2n) is 4.81. The highest BCUT2D eigenvalue weighted by molar-refractivity contribution is 5.83. The van der Waals surface area contributed by atoms with Crippen molar-refractivity contribution in [2.75, 3.05) is 19.6 Å². The Balaban J connectivity index is 2.25. The first-order valence-electron chi connectivity index (χ1n) is 6.89. The Labute approximate surface area is 109 Å². The first kappa shape index (κ1) is 15.0. The molecule has 0 aromatic carbocycles. The highest BCUT2D eigenvalue weighted by atomic mass is 16.2. The first-order chi connectivity index (χ1) is 8.62. The zero-order valence-corrected chi connectivity index (χ0v) is 11.4. The molecule has 0 aliphatic heterocycles. The summed E-state index contributed by atoms with van der Waals surface area (Å²) in [5.41, 5.74) is 5.62. The van der Waals surface area contributed by atoms with Crippen molar-refractivity contribution < 1.29 is 9.59 Å². The standard InChI is InChI=1S/C13H25N3O2/c1-3-16(4-2)13(18)8-7-12(17)15-11(9-14)10-5-6-10/h10-11H,3-9,14H2,1-2H3,(H,15,17). The van der Waals surface area contributed by atoms with Gasteiger partial charge in [0.2, 0.25) is 11.8 Å². The zero-order valence-electron chi connectivity index (χ0n) is 11.4. The number of nitrogens with two attached hydrogens (primary N) is 1. The average Bonchev–Trinajstić information content (AvgIpc) is 3.19. The fourth-order valence-corrected chi connectivity index (χ4v) is 2.10. The molecule has 1 aliphatic rings. The Kier molecular flexibility index (Phi) is 6.12. The summed E-state index contributed by atoms with van der Waals surface area (Å²) in [7, 11) is 0. The fraction of sp³-hybridized carbons (Fsp3) is 0.846. The van der Waals surface area contributed by atoms with Crippen molar-refractivity contribution in [2.24, 2.45) is 11.7 Å². The van der Waals surface area contributed by atoms with Crippen LogP contribution >= 0.6 is 0 Å². The van der Waals surface area contributed by atoms with Crippen molar-refractivity contribution >= 4 is 11.8 Å². The first-order valence-corrected chi connectivity index (χ1v) is 6.89. The topological polar surface area (TPSA) is 75.4 Å². The van der Waals surface area contributed by atoms with E-state index in [0.29, 0.717) is 25.6 Å². The summed E-state index contributed by atoms with van der Waals surface area (Å²) in [5.74, 6) is 0.543. The van der Waals surface area contributed by atoms with E-state index < -0.39 is 0 Å². The molecule has 5 nitrogen and oxygen atoms in total. The van der Waals surface area contributed by atoms with Crippen LogP contribution in [0, 0.1) is 5.92 Å². The van der Waals surface area contributed by atoms with E-state index in [1.165, 1.54) is 0 Å². The summed E-state index contributed by atoms with van der Waals surface area (Å²) in [6.45, 7) is 5.77. The molecule has 1 saturated carbocycles. The van der Waals surface area contributed by atoms with Crippen LogP contribution < -0.4 is 11.1 Å². The number of rotatable bonds is 8. The molecule has 1 aliphatic carbocycles. The second-order valence-corrected chi connectivity index (χ2v) is 4.81. The molecule has 3 N–H and O–H groups in total. The predicted octanol–water partition coefficient (Wildman–Crippen LogP) is 0.489. The van der Waals surface area contributed by atoms with Gasteiger partial charge in [0.15, 0.2) is 0 Å². The van der Waals surface area contributed by atoms with Crippen LogP contribution in [-0.2, 0) is 9.59 Å². The molecule has 1 unspecified atom stereocenters. The number of carbonyl (C=O) groups excluding carboxylic acids is 2. The Morgan fingerprint density at radius 1 is 1.28 bits per heavy atom. The molecule has 0 spiro atoms. The van der Waals surface area contributed by atoms with Crippen molar-refractivity contribution in [3.8, 4) is 0 Å². The number of hydrogen-bond donors (Lipinski definition) is 2. The minimum Gasteiger partial charge on any atom is -0.352 e. The quantitative estimate of drug-likeness (QED) is 0.663. The smallest absolute Gasteiger partial charge is 0.223 e. The molecule has 5 heteroatoms. The molecule has 2 amide bonds. The molecular weight excluding hydrogens is 230 g/mol. The van der Waals surface area contributed by atoms with Crippen molar-refractivity contribution in [1.29, 1.82) is 0 Å². The van der Waals surface area contributed by atoms with Crippen molar-refractivity contribution in [3.63, 3.8) is 0 Å². The number of nitrogens with one attached hydrogen (secondary N) is 1. The molecule has 18 heavy (non-hydrogen) atoms. The predicted molar refractivity (Wildman–Crippen MR) is 70.9 cm³/mol. The molecule has 104 valence electrons. The van der Waals surface area contributed by atoms with E-state index in [1.54, 1.807) is 4.90 Å². The largest absolute Gasteiger partial charge is 0.352 e. The Morgan fingerprint density at radius 2 is 1.89 bits per heavy atom. The van der Waals surface area contributed by atoms with Crippen molar-refractivity contribution in [3.05, 3.63) is 0 Å². The van der Waals surface area contributed by atoms with Crippen LogP contribution in [0.1, 0.15) is 39.5 Å². The molecule has 1 atom stereocenters. The van der Waals surface area contributed by atoms with Gasteiger partial charge < -0.3 is 16.0 Å². The van der Waals surface area contributed by atoms with E-state index in [0.717, 1.165) is 12.8 Å². The lowest BCUT2D eigenvalue weighted by atomic mass is 10.1. The summed E-state index contributed by atoms with van der Waals surface area (Å²) >= 11 is 0. The van der Waals surface area contributed by atoms with Crippen LogP contribution in [0.4, 0.5) is 0 Å².